The molecule has 1 fully saturated rings. The number of methoxy groups -OCH3 is 2. The van der Waals surface area contributed by atoms with Crippen LogP contribution in [0, 0.1) is 5.82 Å². The molecule has 1 amide bonds. The fraction of sp³-hybridized carbons (Fsp3) is 0.600. The Labute approximate surface area is 195 Å². The molecule has 2 rings (SSSR count). The van der Waals surface area contributed by atoms with Gasteiger partial charge in [0, 0.05) is 46.4 Å². The van der Waals surface area contributed by atoms with Crippen molar-refractivity contribution in [3.8, 4) is 5.75 Å². The van der Waals surface area contributed by atoms with E-state index in [-0.39, 0.29) is 54.0 Å². The molecule has 0 aromatic heterocycles. The van der Waals surface area contributed by atoms with Gasteiger partial charge in [0.1, 0.15) is 0 Å². The zero-order valence-corrected chi connectivity index (χ0v) is 20.2. The van der Waals surface area contributed by atoms with E-state index in [2.05, 4.69) is 25.8 Å². The molecule has 10 heteroatoms. The normalized spacial score (nSPS) is 15.3. The van der Waals surface area contributed by atoms with Crippen LogP contribution >= 0.6 is 24.0 Å². The number of hydrogen-bond donors (Lipinski definition) is 3. The number of likely N-dealkylation sites (tertiary alicyclic amines) is 1. The molecule has 30 heavy (non-hydrogen) atoms. The minimum atomic E-state index is -0.331. The Morgan fingerprint density at radius 2 is 2.00 bits per heavy atom. The number of aliphatic imine (C=N–C) groups is 1. The van der Waals surface area contributed by atoms with Crippen molar-refractivity contribution in [2.24, 2.45) is 4.99 Å². The number of carbonyl (C=O) groups is 1. The summed E-state index contributed by atoms with van der Waals surface area (Å²) in [6, 6.07) is 5.38. The number of nitrogens with one attached hydrogen (secondary N) is 3. The molecule has 0 spiro atoms. The number of piperidine rings is 1. The summed E-state index contributed by atoms with van der Waals surface area (Å²) in [7, 11) is 4.74. The summed E-state index contributed by atoms with van der Waals surface area (Å²) >= 11 is 0. The number of ether oxygens (including phenoxy) is 2. The van der Waals surface area contributed by atoms with E-state index in [0.29, 0.717) is 25.7 Å². The highest BCUT2D eigenvalue weighted by Gasteiger charge is 2.20. The van der Waals surface area contributed by atoms with E-state index >= 15 is 0 Å². The lowest BCUT2D eigenvalue weighted by atomic mass is 10.0. The minimum Gasteiger partial charge on any atom is -0.494 e. The highest BCUT2D eigenvalue weighted by molar-refractivity contribution is 14.0. The molecule has 3 N–H and O–H groups in total. The molecule has 1 aliphatic rings. The van der Waals surface area contributed by atoms with Gasteiger partial charge < -0.3 is 25.4 Å². The lowest BCUT2D eigenvalue weighted by Crippen LogP contribution is -2.50. The van der Waals surface area contributed by atoms with E-state index in [1.807, 2.05) is 6.07 Å². The molecule has 0 bridgehead atoms. The standard InChI is InChI=1S/C20H32FN5O3.HI/c1-22-20(24-13-19(27)23-8-11-28-2)25-16-6-9-26(10-7-16)14-15-4-5-18(29-3)17(21)12-15;/h4-5,12,16H,6-11,13-14H2,1-3H3,(H,23,27)(H2,22,24,25);1H. The monoisotopic (exact) mass is 537 g/mol. The van der Waals surface area contributed by atoms with Crippen molar-refractivity contribution in [1.82, 2.24) is 20.9 Å². The number of benzene rings is 1. The molecular weight excluding hydrogens is 504 g/mol. The first-order valence-electron chi connectivity index (χ1n) is 9.83. The summed E-state index contributed by atoms with van der Waals surface area (Å²) in [6.07, 6.45) is 1.89. The quantitative estimate of drug-likeness (QED) is 0.191. The largest absolute Gasteiger partial charge is 0.494 e. The number of guanidine groups is 1. The van der Waals surface area contributed by atoms with Crippen LogP contribution in [-0.4, -0.2) is 76.9 Å². The van der Waals surface area contributed by atoms with Crippen LogP contribution in [0.4, 0.5) is 4.39 Å². The van der Waals surface area contributed by atoms with E-state index < -0.39 is 0 Å². The molecule has 0 unspecified atom stereocenters. The van der Waals surface area contributed by atoms with Crippen LogP contribution in [0.1, 0.15) is 18.4 Å². The maximum atomic E-state index is 13.9. The first-order chi connectivity index (χ1) is 14.0. The molecule has 8 nitrogen and oxygen atoms in total. The molecule has 1 heterocycles. The van der Waals surface area contributed by atoms with Crippen LogP contribution in [0.5, 0.6) is 5.75 Å². The van der Waals surface area contributed by atoms with Crippen LogP contribution in [-0.2, 0) is 16.1 Å². The predicted octanol–water partition coefficient (Wildman–Crippen LogP) is 1.34. The third-order valence-corrected chi connectivity index (χ3v) is 4.82. The van der Waals surface area contributed by atoms with Crippen molar-refractivity contribution >= 4 is 35.8 Å². The number of carbonyl (C=O) groups excluding carboxylic acids is 1. The second kappa shape index (κ2) is 14.4. The fourth-order valence-electron chi connectivity index (χ4n) is 3.21. The first kappa shape index (κ1) is 26.4. The number of hydrogen-bond acceptors (Lipinski definition) is 5. The van der Waals surface area contributed by atoms with Crippen molar-refractivity contribution < 1.29 is 18.7 Å². The molecule has 0 aliphatic carbocycles. The fourth-order valence-corrected chi connectivity index (χ4v) is 3.21. The summed E-state index contributed by atoms with van der Waals surface area (Å²) in [6.45, 7) is 3.65. The van der Waals surface area contributed by atoms with Gasteiger partial charge in [0.25, 0.3) is 0 Å². The van der Waals surface area contributed by atoms with E-state index in [0.717, 1.165) is 31.5 Å². The highest BCUT2D eigenvalue weighted by atomic mass is 127. The van der Waals surface area contributed by atoms with Crippen molar-refractivity contribution in [2.45, 2.75) is 25.4 Å². The second-order valence-corrected chi connectivity index (χ2v) is 6.93. The maximum absolute atomic E-state index is 13.9. The van der Waals surface area contributed by atoms with Gasteiger partial charge in [-0.2, -0.15) is 0 Å². The van der Waals surface area contributed by atoms with Gasteiger partial charge in [-0.05, 0) is 30.5 Å². The van der Waals surface area contributed by atoms with Gasteiger partial charge in [-0.3, -0.25) is 14.7 Å². The van der Waals surface area contributed by atoms with Crippen molar-refractivity contribution in [1.29, 1.82) is 0 Å². The van der Waals surface area contributed by atoms with E-state index in [1.54, 1.807) is 20.2 Å². The third-order valence-electron chi connectivity index (χ3n) is 4.82. The molecule has 1 aliphatic heterocycles. The van der Waals surface area contributed by atoms with Crippen LogP contribution in [0.2, 0.25) is 0 Å². The van der Waals surface area contributed by atoms with Crippen LogP contribution in [0.25, 0.3) is 0 Å². The van der Waals surface area contributed by atoms with Crippen LogP contribution < -0.4 is 20.7 Å². The Bertz CT molecular complexity index is 684. The van der Waals surface area contributed by atoms with Crippen molar-refractivity contribution in [3.63, 3.8) is 0 Å². The number of nitrogens with zero attached hydrogens (tertiary/aromatic N) is 2. The zero-order valence-electron chi connectivity index (χ0n) is 17.9. The molecule has 1 saturated heterocycles. The summed E-state index contributed by atoms with van der Waals surface area (Å²) in [5, 5.41) is 9.15. The molecule has 0 radical (unpaired) electrons. The Balaban J connectivity index is 0.00000450. The smallest absolute Gasteiger partial charge is 0.239 e. The van der Waals surface area contributed by atoms with E-state index in [1.165, 1.54) is 13.2 Å². The molecular formula is C20H33FIN5O3. The van der Waals surface area contributed by atoms with Crippen LogP contribution in [0.3, 0.4) is 0 Å². The average Bonchev–Trinajstić information content (AvgIpc) is 2.72. The van der Waals surface area contributed by atoms with Gasteiger partial charge >= 0.3 is 0 Å². The Kier molecular flexibility index (Phi) is 12.6. The van der Waals surface area contributed by atoms with Crippen molar-refractivity contribution in [3.05, 3.63) is 29.6 Å². The maximum Gasteiger partial charge on any atom is 0.239 e. The molecule has 1 aromatic carbocycles. The van der Waals surface area contributed by atoms with Crippen molar-refractivity contribution in [2.75, 3.05) is 54.1 Å². The molecule has 1 aromatic rings. The highest BCUT2D eigenvalue weighted by Crippen LogP contribution is 2.20. The summed E-state index contributed by atoms with van der Waals surface area (Å²) < 4.78 is 23.7. The number of rotatable bonds is 9. The molecule has 0 atom stereocenters. The van der Waals surface area contributed by atoms with Crippen LogP contribution in [0.15, 0.2) is 23.2 Å². The lowest BCUT2D eigenvalue weighted by molar-refractivity contribution is -0.120. The van der Waals surface area contributed by atoms with Gasteiger partial charge in [-0.25, -0.2) is 4.39 Å². The SMILES string of the molecule is CN=C(NCC(=O)NCCOC)NC1CCN(Cc2ccc(OC)c(F)c2)CC1.I. The Morgan fingerprint density at radius 3 is 2.60 bits per heavy atom. The van der Waals surface area contributed by atoms with Gasteiger partial charge in [0.2, 0.25) is 5.91 Å². The van der Waals surface area contributed by atoms with E-state index in [9.17, 15) is 9.18 Å². The second-order valence-electron chi connectivity index (χ2n) is 6.93. The summed E-state index contributed by atoms with van der Waals surface area (Å²) in [5.74, 6) is 0.444. The topological polar surface area (TPSA) is 87.2 Å². The third kappa shape index (κ3) is 9.00. The average molecular weight is 537 g/mol. The Hall–Kier alpha value is -1.66. The lowest BCUT2D eigenvalue weighted by Gasteiger charge is -2.33. The first-order valence-corrected chi connectivity index (χ1v) is 9.83. The van der Waals surface area contributed by atoms with Gasteiger partial charge in [-0.15, -0.1) is 24.0 Å². The molecule has 170 valence electrons. The van der Waals surface area contributed by atoms with E-state index in [4.69, 9.17) is 9.47 Å². The number of amides is 1. The number of halogens is 2. The van der Waals surface area contributed by atoms with Gasteiger partial charge in [0.15, 0.2) is 17.5 Å². The molecule has 0 saturated carbocycles. The predicted molar refractivity (Wildman–Crippen MR) is 126 cm³/mol. The van der Waals surface area contributed by atoms with Gasteiger partial charge in [0.05, 0.1) is 20.3 Å². The zero-order chi connectivity index (χ0) is 21.1. The Morgan fingerprint density at radius 1 is 1.27 bits per heavy atom. The summed E-state index contributed by atoms with van der Waals surface area (Å²) in [4.78, 5) is 18.2. The minimum absolute atomic E-state index is 0. The summed E-state index contributed by atoms with van der Waals surface area (Å²) in [5.41, 5.74) is 0.937. The van der Waals surface area contributed by atoms with Gasteiger partial charge in [-0.1, -0.05) is 6.07 Å².